The largest absolute Gasteiger partial charge is 0.318 e. The van der Waals surface area contributed by atoms with Gasteiger partial charge in [-0.1, -0.05) is 17.8 Å². The summed E-state index contributed by atoms with van der Waals surface area (Å²) in [7, 11) is 0. The second kappa shape index (κ2) is 6.10. The number of halogens is 1. The van der Waals surface area contributed by atoms with Crippen molar-refractivity contribution < 1.29 is 9.18 Å². The van der Waals surface area contributed by atoms with Crippen LogP contribution in [0.15, 0.2) is 52.5 Å². The van der Waals surface area contributed by atoms with Crippen LogP contribution in [0.2, 0.25) is 0 Å². The molecule has 0 spiro atoms. The van der Waals surface area contributed by atoms with E-state index < -0.39 is 5.91 Å². The van der Waals surface area contributed by atoms with Crippen molar-refractivity contribution >= 4 is 34.7 Å². The minimum Gasteiger partial charge on any atom is -0.318 e. The summed E-state index contributed by atoms with van der Waals surface area (Å²) in [6.07, 6.45) is 3.40. The highest BCUT2D eigenvalue weighted by molar-refractivity contribution is 8.16. The van der Waals surface area contributed by atoms with E-state index in [1.54, 1.807) is 28.7 Å². The van der Waals surface area contributed by atoms with E-state index in [1.807, 2.05) is 30.5 Å². The molecule has 5 nitrogen and oxygen atoms in total. The number of rotatable bonds is 2. The fourth-order valence-corrected chi connectivity index (χ4v) is 3.84. The predicted octanol–water partition coefficient (Wildman–Crippen LogP) is 4.01. The standard InChI is InChI=1S/C19H15FN4OS/c1-11-8-13(12(2)24(11)15-5-3-4-14(20)10-15)9-16-17(21)23-6-7-26-19(23)22-18(16)25/h3-10,21H,1-2H3. The average molecular weight is 366 g/mol. The van der Waals surface area contributed by atoms with Crippen LogP contribution >= 0.6 is 11.8 Å². The number of fused-ring (bicyclic) bond motifs is 1. The quantitative estimate of drug-likeness (QED) is 0.817. The minimum atomic E-state index is -0.423. The van der Waals surface area contributed by atoms with Crippen LogP contribution in [0.3, 0.4) is 0 Å². The average Bonchev–Trinajstić information content (AvgIpc) is 3.16. The number of amidine groups is 2. The van der Waals surface area contributed by atoms with E-state index in [2.05, 4.69) is 4.99 Å². The number of carbonyl (C=O) groups excluding carboxylic acids is 1. The van der Waals surface area contributed by atoms with Gasteiger partial charge >= 0.3 is 0 Å². The van der Waals surface area contributed by atoms with Gasteiger partial charge in [-0.25, -0.2) is 4.39 Å². The first kappa shape index (κ1) is 16.5. The van der Waals surface area contributed by atoms with Gasteiger partial charge in [-0.05, 0) is 55.2 Å². The number of carbonyl (C=O) groups is 1. The summed E-state index contributed by atoms with van der Waals surface area (Å²) in [4.78, 5) is 18.0. The van der Waals surface area contributed by atoms with Crippen LogP contribution in [-0.2, 0) is 4.79 Å². The van der Waals surface area contributed by atoms with Gasteiger partial charge in [0, 0.05) is 23.3 Å². The molecular weight excluding hydrogens is 351 g/mol. The number of benzene rings is 1. The van der Waals surface area contributed by atoms with Crippen molar-refractivity contribution in [1.82, 2.24) is 9.47 Å². The molecule has 0 bridgehead atoms. The Hall–Kier alpha value is -2.93. The van der Waals surface area contributed by atoms with Crippen molar-refractivity contribution in [2.24, 2.45) is 4.99 Å². The van der Waals surface area contributed by atoms with Gasteiger partial charge in [0.05, 0.1) is 5.57 Å². The Morgan fingerprint density at radius 1 is 1.27 bits per heavy atom. The van der Waals surface area contributed by atoms with Crippen molar-refractivity contribution in [3.8, 4) is 5.69 Å². The van der Waals surface area contributed by atoms with Crippen LogP contribution in [0.4, 0.5) is 4.39 Å². The molecule has 130 valence electrons. The van der Waals surface area contributed by atoms with Crippen molar-refractivity contribution in [2.45, 2.75) is 13.8 Å². The number of aryl methyl sites for hydroxylation is 1. The van der Waals surface area contributed by atoms with Crippen LogP contribution < -0.4 is 0 Å². The summed E-state index contributed by atoms with van der Waals surface area (Å²) in [5.74, 6) is -0.621. The molecule has 0 saturated carbocycles. The van der Waals surface area contributed by atoms with E-state index in [4.69, 9.17) is 5.41 Å². The number of hydrogen-bond acceptors (Lipinski definition) is 3. The molecule has 7 heteroatoms. The van der Waals surface area contributed by atoms with E-state index in [9.17, 15) is 9.18 Å². The Morgan fingerprint density at radius 2 is 2.08 bits per heavy atom. The molecule has 0 fully saturated rings. The lowest BCUT2D eigenvalue weighted by molar-refractivity contribution is -0.114. The Balaban J connectivity index is 1.79. The normalized spacial score (nSPS) is 17.9. The molecule has 3 heterocycles. The molecule has 0 radical (unpaired) electrons. The zero-order valence-electron chi connectivity index (χ0n) is 14.2. The van der Waals surface area contributed by atoms with Gasteiger partial charge in [0.2, 0.25) is 0 Å². The molecule has 0 saturated heterocycles. The molecule has 1 aromatic heterocycles. The first-order valence-corrected chi connectivity index (χ1v) is 8.85. The van der Waals surface area contributed by atoms with Gasteiger partial charge in [-0.15, -0.1) is 0 Å². The molecule has 2 aliphatic rings. The maximum absolute atomic E-state index is 13.6. The van der Waals surface area contributed by atoms with E-state index in [1.165, 1.54) is 23.9 Å². The number of nitrogens with zero attached hydrogens (tertiary/aromatic N) is 3. The van der Waals surface area contributed by atoms with E-state index in [-0.39, 0.29) is 17.2 Å². The third-order valence-electron chi connectivity index (χ3n) is 4.35. The second-order valence-corrected chi connectivity index (χ2v) is 6.89. The number of aromatic nitrogens is 1. The lowest BCUT2D eigenvalue weighted by Crippen LogP contribution is -2.35. The van der Waals surface area contributed by atoms with Crippen molar-refractivity contribution in [3.05, 3.63) is 70.3 Å². The smallest absolute Gasteiger partial charge is 0.283 e. The van der Waals surface area contributed by atoms with Gasteiger partial charge in [-0.2, -0.15) is 4.99 Å². The Morgan fingerprint density at radius 3 is 2.85 bits per heavy atom. The van der Waals surface area contributed by atoms with Crippen molar-refractivity contribution in [1.29, 1.82) is 5.41 Å². The molecule has 1 amide bonds. The van der Waals surface area contributed by atoms with Crippen molar-refractivity contribution in [3.63, 3.8) is 0 Å². The number of hydrogen-bond donors (Lipinski definition) is 1. The molecule has 1 aromatic carbocycles. The molecule has 0 unspecified atom stereocenters. The van der Waals surface area contributed by atoms with Crippen LogP contribution in [0, 0.1) is 25.1 Å². The highest BCUT2D eigenvalue weighted by atomic mass is 32.2. The SMILES string of the molecule is Cc1cc(C=C2C(=N)N3C=CSC3=NC2=O)c(C)n1-c1cccc(F)c1. The summed E-state index contributed by atoms with van der Waals surface area (Å²) in [6, 6.07) is 8.28. The first-order valence-electron chi connectivity index (χ1n) is 7.97. The fourth-order valence-electron chi connectivity index (χ4n) is 3.13. The molecule has 4 rings (SSSR count). The lowest BCUT2D eigenvalue weighted by atomic mass is 10.1. The third-order valence-corrected chi connectivity index (χ3v) is 5.11. The molecular formula is C19H15FN4OS. The second-order valence-electron chi connectivity index (χ2n) is 6.02. The van der Waals surface area contributed by atoms with Crippen LogP contribution in [-0.4, -0.2) is 26.4 Å². The Bertz CT molecular complexity index is 1050. The summed E-state index contributed by atoms with van der Waals surface area (Å²) >= 11 is 1.32. The fraction of sp³-hybridized carbons (Fsp3) is 0.105. The molecule has 2 aromatic rings. The molecule has 2 aliphatic heterocycles. The van der Waals surface area contributed by atoms with Gasteiger partial charge in [0.25, 0.3) is 5.91 Å². The van der Waals surface area contributed by atoms with Gasteiger partial charge in [-0.3, -0.25) is 15.1 Å². The minimum absolute atomic E-state index is 0.108. The maximum Gasteiger partial charge on any atom is 0.283 e. The summed E-state index contributed by atoms with van der Waals surface area (Å²) < 4.78 is 15.5. The topological polar surface area (TPSA) is 61.5 Å². The third kappa shape index (κ3) is 2.61. The summed E-state index contributed by atoms with van der Waals surface area (Å²) in [5.41, 5.74) is 3.53. The van der Waals surface area contributed by atoms with E-state index in [0.29, 0.717) is 10.9 Å². The van der Waals surface area contributed by atoms with Gasteiger partial charge in [0.1, 0.15) is 11.7 Å². The zero-order valence-corrected chi connectivity index (χ0v) is 15.0. The number of aliphatic imine (C=N–C) groups is 1. The maximum atomic E-state index is 13.6. The Labute approximate surface area is 154 Å². The van der Waals surface area contributed by atoms with Crippen LogP contribution in [0.1, 0.15) is 17.0 Å². The monoisotopic (exact) mass is 366 g/mol. The van der Waals surface area contributed by atoms with Crippen LogP contribution in [0.5, 0.6) is 0 Å². The first-order chi connectivity index (χ1) is 12.5. The zero-order chi connectivity index (χ0) is 18.4. The van der Waals surface area contributed by atoms with Gasteiger partial charge in [0.15, 0.2) is 5.17 Å². The summed E-state index contributed by atoms with van der Waals surface area (Å²) in [6.45, 7) is 3.82. The summed E-state index contributed by atoms with van der Waals surface area (Å²) in [5, 5.41) is 10.6. The van der Waals surface area contributed by atoms with Crippen LogP contribution in [0.25, 0.3) is 11.8 Å². The number of amides is 1. The number of thioether (sulfide) groups is 1. The number of nitrogens with one attached hydrogen (secondary N) is 1. The lowest BCUT2D eigenvalue weighted by Gasteiger charge is -2.22. The van der Waals surface area contributed by atoms with E-state index in [0.717, 1.165) is 17.0 Å². The molecule has 1 N–H and O–H groups in total. The van der Waals surface area contributed by atoms with E-state index >= 15 is 0 Å². The van der Waals surface area contributed by atoms with Crippen molar-refractivity contribution in [2.75, 3.05) is 0 Å². The highest BCUT2D eigenvalue weighted by Crippen LogP contribution is 2.29. The molecule has 0 aliphatic carbocycles. The highest BCUT2D eigenvalue weighted by Gasteiger charge is 2.31. The molecule has 26 heavy (non-hydrogen) atoms. The predicted molar refractivity (Wildman–Crippen MR) is 102 cm³/mol. The molecule has 0 atom stereocenters. The Kier molecular flexibility index (Phi) is 3.88. The van der Waals surface area contributed by atoms with Gasteiger partial charge < -0.3 is 4.57 Å².